The molecule has 0 aliphatic carbocycles. The third-order valence-electron chi connectivity index (χ3n) is 2.11. The lowest BCUT2D eigenvalue weighted by atomic mass is 10.1. The minimum atomic E-state index is 0.233. The highest BCUT2D eigenvalue weighted by molar-refractivity contribution is 5.90. The number of aldehydes is 2. The summed E-state index contributed by atoms with van der Waals surface area (Å²) in [6.07, 6.45) is 1.18. The van der Waals surface area contributed by atoms with E-state index in [0.29, 0.717) is 12.6 Å². The Morgan fingerprint density at radius 3 is 1.44 bits per heavy atom. The fourth-order valence-corrected chi connectivity index (χ4v) is 1.45. The van der Waals surface area contributed by atoms with E-state index in [1.165, 1.54) is 27.4 Å². The van der Waals surface area contributed by atoms with Gasteiger partial charge in [0.2, 0.25) is 5.75 Å². The van der Waals surface area contributed by atoms with E-state index in [1.54, 1.807) is 0 Å². The summed E-state index contributed by atoms with van der Waals surface area (Å²) < 4.78 is 15.2. The van der Waals surface area contributed by atoms with Crippen LogP contribution in [0.3, 0.4) is 0 Å². The van der Waals surface area contributed by atoms with Crippen LogP contribution < -0.4 is 14.2 Å². The van der Waals surface area contributed by atoms with Crippen LogP contribution in [0, 0.1) is 0 Å². The first-order valence-corrected chi connectivity index (χ1v) is 4.46. The molecule has 0 atom stereocenters. The van der Waals surface area contributed by atoms with Crippen LogP contribution in [0.5, 0.6) is 17.2 Å². The van der Waals surface area contributed by atoms with Gasteiger partial charge < -0.3 is 14.2 Å². The Kier molecular flexibility index (Phi) is 3.88. The van der Waals surface area contributed by atoms with Gasteiger partial charge in [-0.3, -0.25) is 9.59 Å². The largest absolute Gasteiger partial charge is 0.492 e. The van der Waals surface area contributed by atoms with Crippen LogP contribution in [0.4, 0.5) is 0 Å². The van der Waals surface area contributed by atoms with Crippen LogP contribution in [-0.4, -0.2) is 33.9 Å². The molecular formula is C11H12O5. The molecule has 5 heteroatoms. The van der Waals surface area contributed by atoms with E-state index in [2.05, 4.69) is 0 Å². The molecular weight excluding hydrogens is 212 g/mol. The molecule has 0 heterocycles. The third kappa shape index (κ3) is 1.84. The zero-order valence-electron chi connectivity index (χ0n) is 9.27. The molecule has 0 aromatic heterocycles. The zero-order chi connectivity index (χ0) is 12.1. The van der Waals surface area contributed by atoms with Crippen molar-refractivity contribution in [2.24, 2.45) is 0 Å². The molecule has 0 aliphatic rings. The Balaban J connectivity index is 3.60. The van der Waals surface area contributed by atoms with E-state index >= 15 is 0 Å². The van der Waals surface area contributed by atoms with Gasteiger partial charge in [-0.2, -0.15) is 0 Å². The van der Waals surface area contributed by atoms with E-state index in [9.17, 15) is 9.59 Å². The standard InChI is InChI=1S/C11H12O5/c1-14-9-7(5-12)4-8(6-13)10(15-2)11(9)16-3/h4-6H,1-3H3. The molecule has 16 heavy (non-hydrogen) atoms. The summed E-state index contributed by atoms with van der Waals surface area (Å²) in [5.41, 5.74) is 0.476. The van der Waals surface area contributed by atoms with Crippen molar-refractivity contribution in [2.45, 2.75) is 0 Å². The van der Waals surface area contributed by atoms with E-state index < -0.39 is 0 Å². The second-order valence-corrected chi connectivity index (χ2v) is 2.89. The second kappa shape index (κ2) is 5.16. The fourth-order valence-electron chi connectivity index (χ4n) is 1.45. The SMILES string of the molecule is COc1c(C=O)cc(C=O)c(OC)c1OC. The molecule has 1 aromatic carbocycles. The van der Waals surface area contributed by atoms with Gasteiger partial charge in [0, 0.05) is 0 Å². The minimum Gasteiger partial charge on any atom is -0.492 e. The summed E-state index contributed by atoms with van der Waals surface area (Å²) in [5.74, 6) is 0.733. The van der Waals surface area contributed by atoms with Crippen molar-refractivity contribution in [3.05, 3.63) is 17.2 Å². The Morgan fingerprint density at radius 1 is 0.812 bits per heavy atom. The smallest absolute Gasteiger partial charge is 0.204 e. The molecule has 0 bridgehead atoms. The van der Waals surface area contributed by atoms with Crippen molar-refractivity contribution in [1.29, 1.82) is 0 Å². The summed E-state index contributed by atoms with van der Waals surface area (Å²) in [5, 5.41) is 0. The van der Waals surface area contributed by atoms with Gasteiger partial charge in [-0.15, -0.1) is 0 Å². The van der Waals surface area contributed by atoms with Crippen LogP contribution in [-0.2, 0) is 0 Å². The maximum atomic E-state index is 10.8. The van der Waals surface area contributed by atoms with Crippen molar-refractivity contribution in [1.82, 2.24) is 0 Å². The number of carbonyl (C=O) groups excluding carboxylic acids is 2. The van der Waals surface area contributed by atoms with Crippen LogP contribution in [0.15, 0.2) is 6.07 Å². The van der Waals surface area contributed by atoms with Gasteiger partial charge in [0.1, 0.15) is 0 Å². The molecule has 86 valence electrons. The maximum absolute atomic E-state index is 10.8. The lowest BCUT2D eigenvalue weighted by Crippen LogP contribution is -2.01. The van der Waals surface area contributed by atoms with E-state index in [0.717, 1.165) is 0 Å². The fraction of sp³-hybridized carbons (Fsp3) is 0.273. The second-order valence-electron chi connectivity index (χ2n) is 2.89. The van der Waals surface area contributed by atoms with Crippen LogP contribution in [0.1, 0.15) is 20.7 Å². The lowest BCUT2D eigenvalue weighted by Gasteiger charge is -2.15. The molecule has 1 rings (SSSR count). The van der Waals surface area contributed by atoms with Crippen molar-refractivity contribution >= 4 is 12.6 Å². The summed E-state index contributed by atoms with van der Waals surface area (Å²) in [4.78, 5) is 21.7. The van der Waals surface area contributed by atoms with E-state index in [4.69, 9.17) is 14.2 Å². The van der Waals surface area contributed by atoms with Gasteiger partial charge in [0.25, 0.3) is 0 Å². The van der Waals surface area contributed by atoms with Crippen molar-refractivity contribution < 1.29 is 23.8 Å². The van der Waals surface area contributed by atoms with Gasteiger partial charge >= 0.3 is 0 Å². The average molecular weight is 224 g/mol. The predicted molar refractivity (Wildman–Crippen MR) is 56.9 cm³/mol. The van der Waals surface area contributed by atoms with E-state index in [1.807, 2.05) is 0 Å². The number of rotatable bonds is 5. The van der Waals surface area contributed by atoms with Crippen LogP contribution >= 0.6 is 0 Å². The number of carbonyl (C=O) groups is 2. The van der Waals surface area contributed by atoms with E-state index in [-0.39, 0.29) is 28.4 Å². The first-order chi connectivity index (χ1) is 7.73. The van der Waals surface area contributed by atoms with Crippen LogP contribution in [0.25, 0.3) is 0 Å². The Labute approximate surface area is 92.9 Å². The molecule has 1 aromatic rings. The summed E-state index contributed by atoms with van der Waals surface area (Å²) in [6.45, 7) is 0. The lowest BCUT2D eigenvalue weighted by molar-refractivity contribution is 0.111. The van der Waals surface area contributed by atoms with Crippen molar-refractivity contribution in [2.75, 3.05) is 21.3 Å². The quantitative estimate of drug-likeness (QED) is 0.706. The monoisotopic (exact) mass is 224 g/mol. The summed E-state index contributed by atoms with van der Waals surface area (Å²) in [7, 11) is 4.22. The molecule has 0 aliphatic heterocycles. The topological polar surface area (TPSA) is 61.8 Å². The molecule has 0 unspecified atom stereocenters. The zero-order valence-corrected chi connectivity index (χ0v) is 9.27. The predicted octanol–water partition coefficient (Wildman–Crippen LogP) is 1.34. The molecule has 0 saturated heterocycles. The average Bonchev–Trinajstić information content (AvgIpc) is 2.35. The summed E-state index contributed by atoms with van der Waals surface area (Å²) >= 11 is 0. The molecule has 0 spiro atoms. The number of hydrogen-bond acceptors (Lipinski definition) is 5. The Hall–Kier alpha value is -2.04. The third-order valence-corrected chi connectivity index (χ3v) is 2.11. The molecule has 0 amide bonds. The first-order valence-electron chi connectivity index (χ1n) is 4.46. The number of hydrogen-bond donors (Lipinski definition) is 0. The minimum absolute atomic E-state index is 0.233. The molecule has 0 N–H and O–H groups in total. The van der Waals surface area contributed by atoms with Gasteiger partial charge in [0.05, 0.1) is 32.5 Å². The van der Waals surface area contributed by atoms with Crippen LogP contribution in [0.2, 0.25) is 0 Å². The van der Waals surface area contributed by atoms with Gasteiger partial charge in [0.15, 0.2) is 24.1 Å². The molecule has 5 nitrogen and oxygen atoms in total. The van der Waals surface area contributed by atoms with Crippen molar-refractivity contribution in [3.63, 3.8) is 0 Å². The van der Waals surface area contributed by atoms with Crippen molar-refractivity contribution in [3.8, 4) is 17.2 Å². The Morgan fingerprint density at radius 2 is 1.19 bits per heavy atom. The number of ether oxygens (including phenoxy) is 3. The highest BCUT2D eigenvalue weighted by atomic mass is 16.5. The molecule has 0 saturated carbocycles. The van der Waals surface area contributed by atoms with Gasteiger partial charge in [-0.25, -0.2) is 0 Å². The maximum Gasteiger partial charge on any atom is 0.204 e. The normalized spacial score (nSPS) is 9.44. The van der Waals surface area contributed by atoms with Gasteiger partial charge in [-0.1, -0.05) is 0 Å². The first kappa shape index (κ1) is 12.0. The highest BCUT2D eigenvalue weighted by Gasteiger charge is 2.19. The van der Waals surface area contributed by atoms with Gasteiger partial charge in [-0.05, 0) is 6.07 Å². The number of benzene rings is 1. The Bertz CT molecular complexity index is 377. The summed E-state index contributed by atoms with van der Waals surface area (Å²) in [6, 6.07) is 1.39. The molecule has 0 radical (unpaired) electrons. The highest BCUT2D eigenvalue weighted by Crippen LogP contribution is 2.41. The molecule has 0 fully saturated rings. The number of methoxy groups -OCH3 is 3.